The molecule has 0 aliphatic rings. The first-order chi connectivity index (χ1) is 7.68. The minimum Gasteiger partial charge on any atom is -0.383 e. The van der Waals surface area contributed by atoms with Crippen molar-refractivity contribution in [2.24, 2.45) is 0 Å². The fourth-order valence-corrected chi connectivity index (χ4v) is 1.33. The lowest BCUT2D eigenvalue weighted by Gasteiger charge is -2.02. The predicted octanol–water partition coefficient (Wildman–Crippen LogP) is 0.987. The van der Waals surface area contributed by atoms with E-state index in [2.05, 4.69) is 9.97 Å². The third kappa shape index (κ3) is 1.93. The Bertz CT molecular complexity index is 542. The number of rotatable bonds is 3. The molecule has 0 bridgehead atoms. The zero-order chi connectivity index (χ0) is 11.5. The molecule has 5 heteroatoms. The van der Waals surface area contributed by atoms with Crippen LogP contribution in [0.2, 0.25) is 0 Å². The van der Waals surface area contributed by atoms with Gasteiger partial charge in [-0.2, -0.15) is 0 Å². The van der Waals surface area contributed by atoms with E-state index < -0.39 is 0 Å². The number of carbonyl (C=O) groups is 1. The minimum absolute atomic E-state index is 0.0765. The summed E-state index contributed by atoms with van der Waals surface area (Å²) in [7, 11) is 3.73. The summed E-state index contributed by atoms with van der Waals surface area (Å²) in [4.78, 5) is 21.7. The maximum Gasteiger partial charge on any atom is 0.205 e. The second-order valence-electron chi connectivity index (χ2n) is 3.59. The zero-order valence-electron chi connectivity index (χ0n) is 9.16. The van der Waals surface area contributed by atoms with E-state index in [9.17, 15) is 4.79 Å². The van der Waals surface area contributed by atoms with Crippen molar-refractivity contribution in [3.05, 3.63) is 42.8 Å². The van der Waals surface area contributed by atoms with Crippen molar-refractivity contribution in [3.8, 4) is 0 Å². The van der Waals surface area contributed by atoms with E-state index in [1.807, 2.05) is 19.0 Å². The zero-order valence-corrected chi connectivity index (χ0v) is 9.16. The number of nitrogens with zero attached hydrogens (tertiary/aromatic N) is 4. The van der Waals surface area contributed by atoms with Crippen molar-refractivity contribution >= 4 is 11.4 Å². The lowest BCUT2D eigenvalue weighted by Crippen LogP contribution is -2.04. The fourth-order valence-electron chi connectivity index (χ4n) is 1.33. The van der Waals surface area contributed by atoms with Crippen molar-refractivity contribution in [1.29, 1.82) is 0 Å². The Morgan fingerprint density at radius 1 is 1.44 bits per heavy atom. The van der Waals surface area contributed by atoms with Gasteiger partial charge in [-0.1, -0.05) is 0 Å². The molecule has 0 radical (unpaired) electrons. The number of imidazole rings is 1. The normalized spacial score (nSPS) is 11.1. The topological polar surface area (TPSA) is 50.5 Å². The highest BCUT2D eigenvalue weighted by molar-refractivity contribution is 6.03. The van der Waals surface area contributed by atoms with Crippen molar-refractivity contribution in [2.75, 3.05) is 14.1 Å². The largest absolute Gasteiger partial charge is 0.383 e. The Labute approximate surface area is 93.0 Å². The predicted molar refractivity (Wildman–Crippen MR) is 60.1 cm³/mol. The number of fused-ring (bicyclic) bond motifs is 1. The average molecular weight is 216 g/mol. The molecule has 2 aromatic heterocycles. The molecule has 0 unspecified atom stereocenters. The molecule has 0 spiro atoms. The Balaban J connectivity index is 2.37. The molecule has 2 rings (SSSR count). The van der Waals surface area contributed by atoms with Crippen LogP contribution in [-0.2, 0) is 0 Å². The first-order valence-corrected chi connectivity index (χ1v) is 4.84. The van der Waals surface area contributed by atoms with Crippen LogP contribution in [0.15, 0.2) is 37.1 Å². The third-order valence-electron chi connectivity index (χ3n) is 2.09. The summed E-state index contributed by atoms with van der Waals surface area (Å²) in [6, 6.07) is 0. The Kier molecular flexibility index (Phi) is 2.68. The molecule has 0 saturated carbocycles. The molecule has 0 aliphatic heterocycles. The van der Waals surface area contributed by atoms with Gasteiger partial charge in [0, 0.05) is 38.8 Å². The van der Waals surface area contributed by atoms with Crippen molar-refractivity contribution < 1.29 is 4.79 Å². The van der Waals surface area contributed by atoms with E-state index >= 15 is 0 Å². The van der Waals surface area contributed by atoms with E-state index in [1.165, 1.54) is 6.08 Å². The Hall–Kier alpha value is -2.17. The molecule has 2 aromatic rings. The van der Waals surface area contributed by atoms with E-state index in [4.69, 9.17) is 0 Å². The van der Waals surface area contributed by atoms with Gasteiger partial charge < -0.3 is 4.90 Å². The molecule has 0 saturated heterocycles. The van der Waals surface area contributed by atoms with Crippen LogP contribution in [0.5, 0.6) is 0 Å². The van der Waals surface area contributed by atoms with E-state index in [0.29, 0.717) is 11.3 Å². The second kappa shape index (κ2) is 4.14. The number of hydrogen-bond donors (Lipinski definition) is 0. The molecule has 0 N–H and O–H groups in total. The maximum atomic E-state index is 11.8. The number of aromatic nitrogens is 3. The molecule has 0 aliphatic carbocycles. The van der Waals surface area contributed by atoms with Crippen LogP contribution in [0, 0.1) is 0 Å². The average Bonchev–Trinajstić information content (AvgIpc) is 2.69. The third-order valence-corrected chi connectivity index (χ3v) is 2.09. The standard InChI is InChI=1S/C11H12N4O/c1-14(2)5-3-10(16)9-7-13-11-8-12-4-6-15(9)11/h3-8H,1-2H3. The number of ketones is 1. The van der Waals surface area contributed by atoms with Gasteiger partial charge >= 0.3 is 0 Å². The summed E-state index contributed by atoms with van der Waals surface area (Å²) >= 11 is 0. The quantitative estimate of drug-likeness (QED) is 0.567. The summed E-state index contributed by atoms with van der Waals surface area (Å²) < 4.78 is 1.72. The monoisotopic (exact) mass is 216 g/mol. The van der Waals surface area contributed by atoms with Gasteiger partial charge in [0.05, 0.1) is 12.4 Å². The second-order valence-corrected chi connectivity index (χ2v) is 3.59. The van der Waals surface area contributed by atoms with Crippen LogP contribution in [0.4, 0.5) is 0 Å². The molecule has 0 amide bonds. The van der Waals surface area contributed by atoms with Gasteiger partial charge in [0.25, 0.3) is 0 Å². The molecular weight excluding hydrogens is 204 g/mol. The van der Waals surface area contributed by atoms with Crippen LogP contribution in [0.1, 0.15) is 10.5 Å². The van der Waals surface area contributed by atoms with Crippen LogP contribution in [0.3, 0.4) is 0 Å². The number of allylic oxidation sites excluding steroid dienone is 1. The Morgan fingerprint density at radius 3 is 3.00 bits per heavy atom. The van der Waals surface area contributed by atoms with Crippen LogP contribution >= 0.6 is 0 Å². The van der Waals surface area contributed by atoms with Crippen molar-refractivity contribution in [3.63, 3.8) is 0 Å². The highest BCUT2D eigenvalue weighted by atomic mass is 16.1. The summed E-state index contributed by atoms with van der Waals surface area (Å²) in [5.41, 5.74) is 1.21. The van der Waals surface area contributed by atoms with Gasteiger partial charge in [-0.05, 0) is 0 Å². The van der Waals surface area contributed by atoms with Gasteiger partial charge in [-0.25, -0.2) is 4.98 Å². The van der Waals surface area contributed by atoms with Gasteiger partial charge in [-0.3, -0.25) is 14.2 Å². The van der Waals surface area contributed by atoms with Gasteiger partial charge in [0.15, 0.2) is 5.65 Å². The van der Waals surface area contributed by atoms with E-state index in [0.717, 1.165) is 0 Å². The fraction of sp³-hybridized carbons (Fsp3) is 0.182. The molecule has 0 fully saturated rings. The van der Waals surface area contributed by atoms with E-state index in [-0.39, 0.29) is 5.78 Å². The van der Waals surface area contributed by atoms with E-state index in [1.54, 1.807) is 35.4 Å². The lowest BCUT2D eigenvalue weighted by molar-refractivity contribution is 0.104. The molecular formula is C11H12N4O. The molecule has 16 heavy (non-hydrogen) atoms. The minimum atomic E-state index is -0.0765. The smallest absolute Gasteiger partial charge is 0.205 e. The first kappa shape index (κ1) is 10.4. The van der Waals surface area contributed by atoms with Crippen LogP contribution in [0.25, 0.3) is 5.65 Å². The summed E-state index contributed by atoms with van der Waals surface area (Å²) in [6.45, 7) is 0. The van der Waals surface area contributed by atoms with Crippen LogP contribution < -0.4 is 0 Å². The van der Waals surface area contributed by atoms with Crippen molar-refractivity contribution in [1.82, 2.24) is 19.3 Å². The molecule has 0 atom stereocenters. The lowest BCUT2D eigenvalue weighted by atomic mass is 10.3. The summed E-state index contributed by atoms with van der Waals surface area (Å²) in [6.07, 6.45) is 9.75. The SMILES string of the molecule is CN(C)C=CC(=O)c1cnc2cnccn12. The highest BCUT2D eigenvalue weighted by Crippen LogP contribution is 2.06. The Morgan fingerprint density at radius 2 is 2.25 bits per heavy atom. The van der Waals surface area contributed by atoms with Gasteiger partial charge in [-0.15, -0.1) is 0 Å². The molecule has 82 valence electrons. The van der Waals surface area contributed by atoms with Crippen molar-refractivity contribution in [2.45, 2.75) is 0 Å². The van der Waals surface area contributed by atoms with Crippen LogP contribution in [-0.4, -0.2) is 39.1 Å². The molecule has 2 heterocycles. The van der Waals surface area contributed by atoms with Gasteiger partial charge in [0.1, 0.15) is 5.69 Å². The molecule has 5 nitrogen and oxygen atoms in total. The first-order valence-electron chi connectivity index (χ1n) is 4.84. The van der Waals surface area contributed by atoms with Gasteiger partial charge in [0.2, 0.25) is 5.78 Å². The number of hydrogen-bond acceptors (Lipinski definition) is 4. The summed E-state index contributed by atoms with van der Waals surface area (Å²) in [5, 5.41) is 0. The molecule has 0 aromatic carbocycles. The highest BCUT2D eigenvalue weighted by Gasteiger charge is 2.08. The number of carbonyl (C=O) groups excluding carboxylic acids is 1. The maximum absolute atomic E-state index is 11.8. The summed E-state index contributed by atoms with van der Waals surface area (Å²) in [5.74, 6) is -0.0765.